The molecule has 0 spiro atoms. The van der Waals surface area contributed by atoms with Crippen LogP contribution in [0.5, 0.6) is 6.01 Å². The second-order valence-corrected chi connectivity index (χ2v) is 10.1. The van der Waals surface area contributed by atoms with Crippen molar-refractivity contribution in [1.82, 2.24) is 15.0 Å². The van der Waals surface area contributed by atoms with Crippen molar-refractivity contribution in [3.63, 3.8) is 0 Å². The summed E-state index contributed by atoms with van der Waals surface area (Å²) in [6.45, 7) is 0.0470. The van der Waals surface area contributed by atoms with Crippen molar-refractivity contribution < 1.29 is 27.8 Å². The third-order valence-corrected chi connectivity index (χ3v) is 7.49. The van der Waals surface area contributed by atoms with Gasteiger partial charge in [-0.25, -0.2) is 15.0 Å². The molecular weight excluding hydrogens is 505 g/mol. The van der Waals surface area contributed by atoms with E-state index in [2.05, 4.69) is 20.3 Å². The molecule has 5 rings (SSSR count). The topological polar surface area (TPSA) is 97.2 Å². The number of ether oxygens (including phenoxy) is 1. The third-order valence-electron chi connectivity index (χ3n) is 6.56. The fraction of sp³-hybridized carbons (Fsp3) is 0.308. The maximum absolute atomic E-state index is 13.0. The number of nitrogens with zero attached hydrogens (tertiary/aromatic N) is 3. The number of rotatable bonds is 7. The van der Waals surface area contributed by atoms with E-state index in [0.29, 0.717) is 28.2 Å². The monoisotopic (exact) mass is 528 g/mol. The van der Waals surface area contributed by atoms with Gasteiger partial charge in [-0.15, -0.1) is 0 Å². The largest absolute Gasteiger partial charge is 0.481 e. The van der Waals surface area contributed by atoms with Gasteiger partial charge in [-0.1, -0.05) is 42.7 Å². The summed E-state index contributed by atoms with van der Waals surface area (Å²) in [5, 5.41) is 13.3. The van der Waals surface area contributed by atoms with Crippen molar-refractivity contribution >= 4 is 38.3 Å². The van der Waals surface area contributed by atoms with E-state index < -0.39 is 23.1 Å². The molecule has 37 heavy (non-hydrogen) atoms. The molecule has 4 aromatic rings. The second kappa shape index (κ2) is 9.97. The molecule has 0 unspecified atom stereocenters. The normalized spacial score (nSPS) is 15.4. The lowest BCUT2D eigenvalue weighted by molar-refractivity contribution is -0.153. The number of alkyl halides is 3. The molecule has 0 bridgehead atoms. The van der Waals surface area contributed by atoms with E-state index in [-0.39, 0.29) is 12.6 Å². The van der Waals surface area contributed by atoms with Crippen LogP contribution < -0.4 is 10.1 Å². The summed E-state index contributed by atoms with van der Waals surface area (Å²) < 4.78 is 45.0. The number of carbonyl (C=O) groups is 1. The van der Waals surface area contributed by atoms with Crippen molar-refractivity contribution in [2.45, 2.75) is 38.3 Å². The summed E-state index contributed by atoms with van der Waals surface area (Å²) in [6, 6.07) is 11.0. The van der Waals surface area contributed by atoms with E-state index in [9.17, 15) is 23.1 Å². The molecule has 1 saturated carbocycles. The van der Waals surface area contributed by atoms with Crippen LogP contribution >= 0.6 is 11.3 Å². The molecule has 11 heteroatoms. The van der Waals surface area contributed by atoms with Gasteiger partial charge in [0.1, 0.15) is 12.0 Å². The number of carboxylic acid groups (broad SMARTS) is 1. The zero-order valence-corrected chi connectivity index (χ0v) is 20.4. The zero-order chi connectivity index (χ0) is 26.0. The number of anilines is 2. The molecular formula is C26H23F3N4O3S. The Morgan fingerprint density at radius 1 is 1.03 bits per heavy atom. The van der Waals surface area contributed by atoms with Crippen LogP contribution in [0, 0.1) is 5.41 Å². The maximum atomic E-state index is 13.0. The Labute approximate surface area is 214 Å². The van der Waals surface area contributed by atoms with Gasteiger partial charge in [-0.3, -0.25) is 4.79 Å². The van der Waals surface area contributed by atoms with E-state index >= 15 is 0 Å². The van der Waals surface area contributed by atoms with Crippen LogP contribution in [0.1, 0.15) is 37.7 Å². The summed E-state index contributed by atoms with van der Waals surface area (Å²) in [7, 11) is 0. The Hall–Kier alpha value is -3.73. The number of fused-ring (bicyclic) bond motifs is 1. The van der Waals surface area contributed by atoms with Gasteiger partial charge >= 0.3 is 18.2 Å². The highest BCUT2D eigenvalue weighted by Gasteiger charge is 2.40. The van der Waals surface area contributed by atoms with Gasteiger partial charge in [-0.2, -0.15) is 13.2 Å². The van der Waals surface area contributed by atoms with Crippen LogP contribution in [0.2, 0.25) is 0 Å². The molecule has 192 valence electrons. The molecule has 2 aromatic heterocycles. The smallest absolute Gasteiger partial charge is 0.416 e. The molecule has 0 amide bonds. The lowest BCUT2D eigenvalue weighted by Crippen LogP contribution is -2.39. The van der Waals surface area contributed by atoms with Crippen LogP contribution in [0.25, 0.3) is 21.3 Å². The number of nitrogens with one attached hydrogen (secondary N) is 1. The second-order valence-electron chi connectivity index (χ2n) is 9.09. The lowest BCUT2D eigenvalue weighted by atomic mass is 9.75. The van der Waals surface area contributed by atoms with E-state index in [4.69, 9.17) is 4.74 Å². The number of thiazole rings is 1. The van der Waals surface area contributed by atoms with E-state index in [1.165, 1.54) is 6.07 Å². The molecule has 7 nitrogen and oxygen atoms in total. The van der Waals surface area contributed by atoms with Gasteiger partial charge < -0.3 is 15.2 Å². The van der Waals surface area contributed by atoms with Crippen LogP contribution in [-0.2, 0) is 11.0 Å². The minimum Gasteiger partial charge on any atom is -0.481 e. The molecule has 1 fully saturated rings. The van der Waals surface area contributed by atoms with Crippen molar-refractivity contribution in [2.75, 3.05) is 11.9 Å². The number of aromatic nitrogens is 3. The molecule has 1 aliphatic rings. The van der Waals surface area contributed by atoms with Crippen LogP contribution in [0.4, 0.5) is 24.0 Å². The number of benzene rings is 2. The predicted octanol–water partition coefficient (Wildman–Crippen LogP) is 6.93. The first-order chi connectivity index (χ1) is 17.7. The van der Waals surface area contributed by atoms with Crippen molar-refractivity contribution in [1.29, 1.82) is 0 Å². The van der Waals surface area contributed by atoms with Gasteiger partial charge in [-0.05, 0) is 48.7 Å². The van der Waals surface area contributed by atoms with Crippen molar-refractivity contribution in [3.8, 4) is 17.1 Å². The molecule has 2 N–H and O–H groups in total. The number of hydrogen-bond acceptors (Lipinski definition) is 7. The summed E-state index contributed by atoms with van der Waals surface area (Å²) >= 11 is 1.15. The summed E-state index contributed by atoms with van der Waals surface area (Å²) in [5.74, 6) is -0.838. The van der Waals surface area contributed by atoms with Gasteiger partial charge in [0.15, 0.2) is 5.13 Å². The maximum Gasteiger partial charge on any atom is 0.416 e. The molecule has 2 aromatic carbocycles. The molecule has 0 radical (unpaired) electrons. The highest BCUT2D eigenvalue weighted by molar-refractivity contribution is 7.22. The summed E-state index contributed by atoms with van der Waals surface area (Å²) in [6.07, 6.45) is 2.80. The summed E-state index contributed by atoms with van der Waals surface area (Å²) in [4.78, 5) is 24.6. The highest BCUT2D eigenvalue weighted by atomic mass is 32.1. The Kier molecular flexibility index (Phi) is 6.72. The Morgan fingerprint density at radius 3 is 2.38 bits per heavy atom. The minimum atomic E-state index is -4.40. The Morgan fingerprint density at radius 2 is 1.73 bits per heavy atom. The van der Waals surface area contributed by atoms with Crippen molar-refractivity contribution in [2.24, 2.45) is 5.41 Å². The Balaban J connectivity index is 1.23. The van der Waals surface area contributed by atoms with Crippen LogP contribution in [0.3, 0.4) is 0 Å². The minimum absolute atomic E-state index is 0.0470. The van der Waals surface area contributed by atoms with E-state index in [1.807, 2.05) is 24.3 Å². The zero-order valence-electron chi connectivity index (χ0n) is 19.6. The fourth-order valence-corrected chi connectivity index (χ4v) is 5.34. The lowest BCUT2D eigenvalue weighted by Gasteiger charge is -2.32. The third kappa shape index (κ3) is 5.51. The molecule has 0 atom stereocenters. The SMILES string of the molecule is O=C(O)C1(COc2ncc(-c3ccc(Nc4nc5ccc(C(F)(F)F)cc5s4)cc3)cn2)CCCCC1. The standard InChI is InChI=1S/C26H23F3N4O3S/c27-26(28,29)18-6-9-20-21(12-18)37-24(33-20)32-19-7-4-16(5-8-19)17-13-30-23(31-14-17)36-15-25(22(34)35)10-2-1-3-11-25/h4-9,12-14H,1-3,10-11,15H2,(H,32,33)(H,34,35). The fourth-order valence-electron chi connectivity index (χ4n) is 4.41. The highest BCUT2D eigenvalue weighted by Crippen LogP contribution is 2.37. The average molecular weight is 529 g/mol. The summed E-state index contributed by atoms with van der Waals surface area (Å²) in [5.41, 5.74) is 1.25. The van der Waals surface area contributed by atoms with E-state index in [1.54, 1.807) is 12.4 Å². The molecule has 2 heterocycles. The predicted molar refractivity (Wildman–Crippen MR) is 134 cm³/mol. The number of aliphatic carboxylic acids is 1. The molecule has 0 saturated heterocycles. The Bertz CT molecular complexity index is 1400. The van der Waals surface area contributed by atoms with Crippen molar-refractivity contribution in [3.05, 3.63) is 60.4 Å². The number of halogens is 3. The quantitative estimate of drug-likeness (QED) is 0.268. The molecule has 0 aliphatic heterocycles. The van der Waals surface area contributed by atoms with Crippen LogP contribution in [-0.4, -0.2) is 32.6 Å². The van der Waals surface area contributed by atoms with Gasteiger partial charge in [0, 0.05) is 23.6 Å². The first kappa shape index (κ1) is 24.9. The average Bonchev–Trinajstić information content (AvgIpc) is 3.30. The first-order valence-electron chi connectivity index (χ1n) is 11.8. The first-order valence-corrected chi connectivity index (χ1v) is 12.6. The van der Waals surface area contributed by atoms with Gasteiger partial charge in [0.25, 0.3) is 0 Å². The van der Waals surface area contributed by atoms with Gasteiger partial charge in [0.2, 0.25) is 0 Å². The van der Waals surface area contributed by atoms with Crippen LogP contribution in [0.15, 0.2) is 54.9 Å². The number of hydrogen-bond donors (Lipinski definition) is 2. The van der Waals surface area contributed by atoms with Gasteiger partial charge in [0.05, 0.1) is 15.8 Å². The number of carboxylic acids is 1. The van der Waals surface area contributed by atoms with E-state index in [0.717, 1.165) is 59.5 Å². The molecule has 1 aliphatic carbocycles.